The number of nitrogens with one attached hydrogen (secondary N) is 1. The minimum Gasteiger partial charge on any atom is -0.372 e. The number of hydrogen-bond donors (Lipinski definition) is 1. The fraction of sp³-hybridized carbons (Fsp3) is 1.00. The number of ether oxygens (including phenoxy) is 1. The Morgan fingerprint density at radius 1 is 1.24 bits per heavy atom. The summed E-state index contributed by atoms with van der Waals surface area (Å²) in [6.07, 6.45) is -1.59. The number of halogens is 3. The molecule has 104 valence electrons. The van der Waals surface area contributed by atoms with Gasteiger partial charge in [0.05, 0.1) is 0 Å². The van der Waals surface area contributed by atoms with Gasteiger partial charge in [-0.2, -0.15) is 13.2 Å². The normalized spacial score (nSPS) is 14.3. The maximum Gasteiger partial charge on any atom is 0.411 e. The van der Waals surface area contributed by atoms with Crippen molar-refractivity contribution >= 4 is 0 Å². The van der Waals surface area contributed by atoms with Gasteiger partial charge < -0.3 is 10.1 Å². The predicted molar refractivity (Wildman–Crippen MR) is 63.0 cm³/mol. The largest absolute Gasteiger partial charge is 0.411 e. The first kappa shape index (κ1) is 16.7. The molecule has 0 amide bonds. The SMILES string of the molecule is CCCNC(CCOCC(F)(F)F)CC(C)C. The lowest BCUT2D eigenvalue weighted by Crippen LogP contribution is -2.32. The predicted octanol–water partition coefficient (Wildman–Crippen LogP) is 3.37. The van der Waals surface area contributed by atoms with E-state index in [0.717, 1.165) is 19.4 Å². The van der Waals surface area contributed by atoms with Crippen LogP contribution in [0.4, 0.5) is 13.2 Å². The third-order valence-corrected chi connectivity index (χ3v) is 2.32. The van der Waals surface area contributed by atoms with Gasteiger partial charge >= 0.3 is 6.18 Å². The molecule has 0 aliphatic carbocycles. The van der Waals surface area contributed by atoms with Crippen molar-refractivity contribution < 1.29 is 17.9 Å². The molecule has 2 nitrogen and oxygen atoms in total. The van der Waals surface area contributed by atoms with Crippen molar-refractivity contribution in [2.24, 2.45) is 5.92 Å². The molecule has 0 rings (SSSR count). The molecule has 0 bridgehead atoms. The zero-order valence-corrected chi connectivity index (χ0v) is 10.9. The molecule has 1 atom stereocenters. The lowest BCUT2D eigenvalue weighted by molar-refractivity contribution is -0.174. The Bertz CT molecular complexity index is 183. The average molecular weight is 255 g/mol. The van der Waals surface area contributed by atoms with Crippen LogP contribution in [-0.2, 0) is 4.74 Å². The summed E-state index contributed by atoms with van der Waals surface area (Å²) in [5.74, 6) is 0.534. The van der Waals surface area contributed by atoms with Crippen LogP contribution < -0.4 is 5.32 Å². The second kappa shape index (κ2) is 8.75. The van der Waals surface area contributed by atoms with E-state index in [4.69, 9.17) is 0 Å². The quantitative estimate of drug-likeness (QED) is 0.638. The van der Waals surface area contributed by atoms with Gasteiger partial charge in [-0.05, 0) is 31.7 Å². The molecular weight excluding hydrogens is 231 g/mol. The second-order valence-corrected chi connectivity index (χ2v) is 4.74. The van der Waals surface area contributed by atoms with Crippen LogP contribution in [-0.4, -0.2) is 32.0 Å². The molecule has 0 fully saturated rings. The fourth-order valence-electron chi connectivity index (χ4n) is 1.63. The molecule has 0 aliphatic rings. The maximum absolute atomic E-state index is 11.9. The van der Waals surface area contributed by atoms with Crippen molar-refractivity contribution in [2.75, 3.05) is 19.8 Å². The van der Waals surface area contributed by atoms with Gasteiger partial charge in [0.1, 0.15) is 6.61 Å². The summed E-state index contributed by atoms with van der Waals surface area (Å²) >= 11 is 0. The number of rotatable bonds is 9. The van der Waals surface area contributed by atoms with Gasteiger partial charge in [0, 0.05) is 12.6 Å². The van der Waals surface area contributed by atoms with E-state index in [1.165, 1.54) is 0 Å². The maximum atomic E-state index is 11.9. The summed E-state index contributed by atoms with van der Waals surface area (Å²) < 4.78 is 40.2. The molecule has 0 aromatic heterocycles. The van der Waals surface area contributed by atoms with Crippen LogP contribution in [0.2, 0.25) is 0 Å². The monoisotopic (exact) mass is 255 g/mol. The Labute approximate surface area is 102 Å². The van der Waals surface area contributed by atoms with Gasteiger partial charge in [0.2, 0.25) is 0 Å². The molecule has 1 N–H and O–H groups in total. The van der Waals surface area contributed by atoms with E-state index in [-0.39, 0.29) is 12.6 Å². The highest BCUT2D eigenvalue weighted by molar-refractivity contribution is 4.68. The molecule has 0 spiro atoms. The van der Waals surface area contributed by atoms with Crippen molar-refractivity contribution in [3.63, 3.8) is 0 Å². The van der Waals surface area contributed by atoms with E-state index in [1.807, 2.05) is 0 Å². The zero-order chi connectivity index (χ0) is 13.3. The lowest BCUT2D eigenvalue weighted by atomic mass is 10.0. The molecule has 0 saturated carbocycles. The van der Waals surface area contributed by atoms with Gasteiger partial charge in [0.15, 0.2) is 0 Å². The number of hydrogen-bond acceptors (Lipinski definition) is 2. The van der Waals surface area contributed by atoms with Crippen molar-refractivity contribution in [3.05, 3.63) is 0 Å². The van der Waals surface area contributed by atoms with Crippen molar-refractivity contribution in [1.82, 2.24) is 5.32 Å². The van der Waals surface area contributed by atoms with Crippen LogP contribution in [0.5, 0.6) is 0 Å². The van der Waals surface area contributed by atoms with E-state index in [2.05, 4.69) is 30.8 Å². The molecule has 5 heteroatoms. The van der Waals surface area contributed by atoms with Crippen molar-refractivity contribution in [1.29, 1.82) is 0 Å². The van der Waals surface area contributed by atoms with Crippen molar-refractivity contribution in [3.8, 4) is 0 Å². The summed E-state index contributed by atoms with van der Waals surface area (Å²) in [7, 11) is 0. The van der Waals surface area contributed by atoms with Crippen LogP contribution in [0, 0.1) is 5.92 Å². The standard InChI is InChI=1S/C12H24F3NO/c1-4-6-16-11(8-10(2)3)5-7-17-9-12(13,14)15/h10-11,16H,4-9H2,1-3H3. The molecule has 0 aromatic rings. The Morgan fingerprint density at radius 3 is 2.35 bits per heavy atom. The molecular formula is C12H24F3NO. The first-order chi connectivity index (χ1) is 7.85. The van der Waals surface area contributed by atoms with Crippen molar-refractivity contribution in [2.45, 2.75) is 52.3 Å². The fourth-order valence-corrected chi connectivity index (χ4v) is 1.63. The summed E-state index contributed by atoms with van der Waals surface area (Å²) in [4.78, 5) is 0. The molecule has 0 radical (unpaired) electrons. The number of alkyl halides is 3. The summed E-state index contributed by atoms with van der Waals surface area (Å²) in [5.41, 5.74) is 0. The molecule has 0 aliphatic heterocycles. The van der Waals surface area contributed by atoms with E-state index in [0.29, 0.717) is 12.3 Å². The zero-order valence-electron chi connectivity index (χ0n) is 10.9. The molecule has 0 heterocycles. The van der Waals surface area contributed by atoms with Gasteiger partial charge in [0.25, 0.3) is 0 Å². The smallest absolute Gasteiger partial charge is 0.372 e. The van der Waals surface area contributed by atoms with E-state index < -0.39 is 12.8 Å². The van der Waals surface area contributed by atoms with Crippen LogP contribution >= 0.6 is 0 Å². The molecule has 17 heavy (non-hydrogen) atoms. The van der Waals surface area contributed by atoms with Gasteiger partial charge in [-0.1, -0.05) is 20.8 Å². The average Bonchev–Trinajstić information content (AvgIpc) is 2.18. The minimum atomic E-state index is -4.22. The Hall–Kier alpha value is -0.290. The summed E-state index contributed by atoms with van der Waals surface area (Å²) in [6.45, 7) is 6.20. The topological polar surface area (TPSA) is 21.3 Å². The summed E-state index contributed by atoms with van der Waals surface area (Å²) in [5, 5.41) is 3.34. The van der Waals surface area contributed by atoms with Crippen LogP contribution in [0.15, 0.2) is 0 Å². The van der Waals surface area contributed by atoms with E-state index in [1.54, 1.807) is 0 Å². The van der Waals surface area contributed by atoms with Crippen LogP contribution in [0.1, 0.15) is 40.0 Å². The van der Waals surface area contributed by atoms with E-state index in [9.17, 15) is 13.2 Å². The third kappa shape index (κ3) is 12.0. The summed E-state index contributed by atoms with van der Waals surface area (Å²) in [6, 6.07) is 0.253. The Kier molecular flexibility index (Phi) is 8.60. The molecule has 0 saturated heterocycles. The second-order valence-electron chi connectivity index (χ2n) is 4.74. The Balaban J connectivity index is 3.75. The highest BCUT2D eigenvalue weighted by Crippen LogP contribution is 2.15. The highest BCUT2D eigenvalue weighted by atomic mass is 19.4. The molecule has 0 aromatic carbocycles. The van der Waals surface area contributed by atoms with Gasteiger partial charge in [-0.15, -0.1) is 0 Å². The Morgan fingerprint density at radius 2 is 1.88 bits per heavy atom. The first-order valence-corrected chi connectivity index (χ1v) is 6.23. The molecule has 1 unspecified atom stereocenters. The highest BCUT2D eigenvalue weighted by Gasteiger charge is 2.27. The van der Waals surface area contributed by atoms with Crippen LogP contribution in [0.3, 0.4) is 0 Å². The van der Waals surface area contributed by atoms with Gasteiger partial charge in [-0.3, -0.25) is 0 Å². The van der Waals surface area contributed by atoms with E-state index >= 15 is 0 Å². The first-order valence-electron chi connectivity index (χ1n) is 6.23. The van der Waals surface area contributed by atoms with Crippen LogP contribution in [0.25, 0.3) is 0 Å². The third-order valence-electron chi connectivity index (χ3n) is 2.32. The minimum absolute atomic E-state index is 0.160. The van der Waals surface area contributed by atoms with Gasteiger partial charge in [-0.25, -0.2) is 0 Å². The lowest BCUT2D eigenvalue weighted by Gasteiger charge is -2.20.